The zero-order valence-electron chi connectivity index (χ0n) is 9.05. The highest BCUT2D eigenvalue weighted by Gasteiger charge is 2.32. The van der Waals surface area contributed by atoms with E-state index in [1.807, 2.05) is 11.8 Å². The second-order valence-electron chi connectivity index (χ2n) is 4.22. The fraction of sp³-hybridized carbons (Fsp3) is 1.00. The predicted molar refractivity (Wildman–Crippen MR) is 61.2 cm³/mol. The molecule has 1 heterocycles. The minimum atomic E-state index is 0.380. The van der Waals surface area contributed by atoms with Crippen LogP contribution in [0.3, 0.4) is 0 Å². The highest BCUT2D eigenvalue weighted by molar-refractivity contribution is 8.00. The van der Waals surface area contributed by atoms with Crippen LogP contribution >= 0.6 is 11.8 Å². The molecule has 3 heteroatoms. The Morgan fingerprint density at radius 1 is 1.38 bits per heavy atom. The van der Waals surface area contributed by atoms with Crippen LogP contribution in [0.2, 0.25) is 0 Å². The Bertz CT molecular complexity index is 145. The van der Waals surface area contributed by atoms with E-state index in [1.165, 1.54) is 25.9 Å². The molecule has 0 aliphatic carbocycles. The number of rotatable bonds is 3. The van der Waals surface area contributed by atoms with Gasteiger partial charge in [-0.2, -0.15) is 11.8 Å². The van der Waals surface area contributed by atoms with E-state index < -0.39 is 0 Å². The summed E-state index contributed by atoms with van der Waals surface area (Å²) < 4.78 is 0.380. The lowest BCUT2D eigenvalue weighted by Crippen LogP contribution is -2.48. The van der Waals surface area contributed by atoms with E-state index in [9.17, 15) is 0 Å². The maximum atomic E-state index is 5.83. The molecule has 0 saturated carbocycles. The van der Waals surface area contributed by atoms with E-state index in [1.54, 1.807) is 0 Å². The molecule has 2 nitrogen and oxygen atoms in total. The molecule has 0 aromatic heterocycles. The maximum Gasteiger partial charge on any atom is 0.0303 e. The van der Waals surface area contributed by atoms with Gasteiger partial charge in [0.25, 0.3) is 0 Å². The standard InChI is InChI=1S/C10H22N2S/c1-9(2)12-6-4-10(8-11,13-3)5-7-12/h9H,4-8,11H2,1-3H3. The first-order chi connectivity index (χ1) is 6.13. The molecule has 0 bridgehead atoms. The molecule has 1 rings (SSSR count). The second-order valence-corrected chi connectivity index (χ2v) is 5.50. The summed E-state index contributed by atoms with van der Waals surface area (Å²) in [5.74, 6) is 0. The van der Waals surface area contributed by atoms with Gasteiger partial charge in [-0.05, 0) is 46.0 Å². The van der Waals surface area contributed by atoms with Crippen molar-refractivity contribution in [2.45, 2.75) is 37.5 Å². The molecule has 1 saturated heterocycles. The smallest absolute Gasteiger partial charge is 0.0303 e. The normalized spacial score (nSPS) is 23.8. The van der Waals surface area contributed by atoms with E-state index in [0.717, 1.165) is 6.54 Å². The number of nitrogens with zero attached hydrogens (tertiary/aromatic N) is 1. The summed E-state index contributed by atoms with van der Waals surface area (Å²) in [4.78, 5) is 2.55. The summed E-state index contributed by atoms with van der Waals surface area (Å²) >= 11 is 1.96. The molecular weight excluding hydrogens is 180 g/mol. The summed E-state index contributed by atoms with van der Waals surface area (Å²) in [6.07, 6.45) is 4.70. The third-order valence-corrected chi connectivity index (χ3v) is 4.69. The molecule has 1 aliphatic rings. The van der Waals surface area contributed by atoms with Gasteiger partial charge < -0.3 is 10.6 Å². The van der Waals surface area contributed by atoms with Gasteiger partial charge in [0.2, 0.25) is 0 Å². The van der Waals surface area contributed by atoms with Crippen molar-refractivity contribution in [1.82, 2.24) is 4.90 Å². The first-order valence-electron chi connectivity index (χ1n) is 5.13. The Labute approximate surface area is 86.2 Å². The van der Waals surface area contributed by atoms with Crippen molar-refractivity contribution < 1.29 is 0 Å². The van der Waals surface area contributed by atoms with Crippen molar-refractivity contribution in [2.75, 3.05) is 25.9 Å². The number of nitrogens with two attached hydrogens (primary N) is 1. The lowest BCUT2D eigenvalue weighted by molar-refractivity contribution is 0.164. The van der Waals surface area contributed by atoms with Crippen LogP contribution in [0, 0.1) is 0 Å². The highest BCUT2D eigenvalue weighted by Crippen LogP contribution is 2.33. The number of piperidine rings is 1. The minimum Gasteiger partial charge on any atom is -0.329 e. The van der Waals surface area contributed by atoms with Gasteiger partial charge in [-0.25, -0.2) is 0 Å². The van der Waals surface area contributed by atoms with E-state index in [2.05, 4.69) is 25.0 Å². The quantitative estimate of drug-likeness (QED) is 0.753. The Balaban J connectivity index is 2.45. The van der Waals surface area contributed by atoms with Crippen molar-refractivity contribution in [2.24, 2.45) is 5.73 Å². The van der Waals surface area contributed by atoms with Gasteiger partial charge in [-0.15, -0.1) is 0 Å². The fourth-order valence-electron chi connectivity index (χ4n) is 1.94. The third kappa shape index (κ3) is 2.61. The Morgan fingerprint density at radius 2 is 1.92 bits per heavy atom. The molecule has 13 heavy (non-hydrogen) atoms. The molecule has 1 fully saturated rings. The van der Waals surface area contributed by atoms with Gasteiger partial charge >= 0.3 is 0 Å². The molecule has 0 unspecified atom stereocenters. The van der Waals surface area contributed by atoms with Crippen LogP contribution in [0.25, 0.3) is 0 Å². The zero-order valence-corrected chi connectivity index (χ0v) is 9.86. The van der Waals surface area contributed by atoms with Crippen molar-refractivity contribution in [3.63, 3.8) is 0 Å². The summed E-state index contributed by atoms with van der Waals surface area (Å²) in [5.41, 5.74) is 5.83. The van der Waals surface area contributed by atoms with Gasteiger partial charge in [0.15, 0.2) is 0 Å². The molecule has 2 N–H and O–H groups in total. The molecule has 0 amide bonds. The largest absolute Gasteiger partial charge is 0.329 e. The summed E-state index contributed by atoms with van der Waals surface area (Å²) in [6.45, 7) is 7.81. The second kappa shape index (κ2) is 4.67. The van der Waals surface area contributed by atoms with Gasteiger partial charge in [-0.1, -0.05) is 0 Å². The Morgan fingerprint density at radius 3 is 2.23 bits per heavy atom. The molecule has 0 spiro atoms. The van der Waals surface area contributed by atoms with Gasteiger partial charge in [0.1, 0.15) is 0 Å². The van der Waals surface area contributed by atoms with E-state index >= 15 is 0 Å². The van der Waals surface area contributed by atoms with Crippen molar-refractivity contribution in [3.8, 4) is 0 Å². The summed E-state index contributed by atoms with van der Waals surface area (Å²) in [7, 11) is 0. The number of hydrogen-bond acceptors (Lipinski definition) is 3. The van der Waals surface area contributed by atoms with Gasteiger partial charge in [0, 0.05) is 17.3 Å². The first-order valence-corrected chi connectivity index (χ1v) is 6.35. The maximum absolute atomic E-state index is 5.83. The Kier molecular flexibility index (Phi) is 4.07. The van der Waals surface area contributed by atoms with Crippen LogP contribution in [-0.4, -0.2) is 41.6 Å². The molecule has 0 aromatic rings. The van der Waals surface area contributed by atoms with Crippen LogP contribution < -0.4 is 5.73 Å². The molecular formula is C10H22N2S. The monoisotopic (exact) mass is 202 g/mol. The van der Waals surface area contributed by atoms with Gasteiger partial charge in [-0.3, -0.25) is 0 Å². The average Bonchev–Trinajstić information content (AvgIpc) is 2.18. The van der Waals surface area contributed by atoms with Crippen LogP contribution in [0.1, 0.15) is 26.7 Å². The highest BCUT2D eigenvalue weighted by atomic mass is 32.2. The SMILES string of the molecule is CSC1(CN)CCN(C(C)C)CC1. The third-order valence-electron chi connectivity index (χ3n) is 3.24. The molecule has 0 atom stereocenters. The topological polar surface area (TPSA) is 29.3 Å². The van der Waals surface area contributed by atoms with E-state index in [-0.39, 0.29) is 0 Å². The Hall–Kier alpha value is 0.270. The molecule has 1 aliphatic heterocycles. The van der Waals surface area contributed by atoms with E-state index in [4.69, 9.17) is 5.73 Å². The summed E-state index contributed by atoms with van der Waals surface area (Å²) in [5, 5.41) is 0. The first kappa shape index (κ1) is 11.3. The summed E-state index contributed by atoms with van der Waals surface area (Å²) in [6, 6.07) is 0.692. The number of likely N-dealkylation sites (tertiary alicyclic amines) is 1. The van der Waals surface area contributed by atoms with Crippen LogP contribution in [-0.2, 0) is 0 Å². The van der Waals surface area contributed by atoms with Crippen LogP contribution in [0.4, 0.5) is 0 Å². The lowest BCUT2D eigenvalue weighted by atomic mass is 9.95. The molecule has 0 radical (unpaired) electrons. The number of thioether (sulfide) groups is 1. The van der Waals surface area contributed by atoms with Crippen LogP contribution in [0.15, 0.2) is 0 Å². The molecule has 78 valence electrons. The minimum absolute atomic E-state index is 0.380. The van der Waals surface area contributed by atoms with Crippen molar-refractivity contribution in [1.29, 1.82) is 0 Å². The molecule has 0 aromatic carbocycles. The van der Waals surface area contributed by atoms with Crippen molar-refractivity contribution >= 4 is 11.8 Å². The zero-order chi connectivity index (χ0) is 9.90. The average molecular weight is 202 g/mol. The number of hydrogen-bond donors (Lipinski definition) is 1. The lowest BCUT2D eigenvalue weighted by Gasteiger charge is -2.41. The predicted octanol–water partition coefficient (Wildman–Crippen LogP) is 1.55. The van der Waals surface area contributed by atoms with Crippen LogP contribution in [0.5, 0.6) is 0 Å². The van der Waals surface area contributed by atoms with Gasteiger partial charge in [0.05, 0.1) is 0 Å². The fourth-order valence-corrected chi connectivity index (χ4v) is 2.70. The van der Waals surface area contributed by atoms with E-state index in [0.29, 0.717) is 10.8 Å². The van der Waals surface area contributed by atoms with Crippen molar-refractivity contribution in [3.05, 3.63) is 0 Å².